The molecule has 5 heteroatoms. The second kappa shape index (κ2) is 11.4. The minimum absolute atomic E-state index is 0.162. The average molecular weight is 427 g/mol. The number of nitrogens with zero attached hydrogens (tertiary/aromatic N) is 2. The molecule has 0 radical (unpaired) electrons. The minimum atomic E-state index is -1.52. The van der Waals surface area contributed by atoms with Crippen molar-refractivity contribution in [3.8, 4) is 11.4 Å². The number of ether oxygens (including phenoxy) is 1. The van der Waals surface area contributed by atoms with Gasteiger partial charge in [0.05, 0.1) is 0 Å². The van der Waals surface area contributed by atoms with E-state index in [2.05, 4.69) is 41.2 Å². The monoisotopic (exact) mass is 426 g/mol. The van der Waals surface area contributed by atoms with Crippen molar-refractivity contribution in [2.75, 3.05) is 0 Å². The molecular weight excluding hydrogens is 391 g/mol. The van der Waals surface area contributed by atoms with Crippen molar-refractivity contribution < 1.29 is 13.9 Å². The van der Waals surface area contributed by atoms with Gasteiger partial charge in [-0.1, -0.05) is 57.9 Å². The van der Waals surface area contributed by atoms with Crippen molar-refractivity contribution in [3.05, 3.63) is 47.8 Å². The van der Waals surface area contributed by atoms with Crippen LogP contribution in [0.15, 0.2) is 36.7 Å². The first-order valence-corrected chi connectivity index (χ1v) is 11.8. The van der Waals surface area contributed by atoms with Crippen LogP contribution in [0.5, 0.6) is 0 Å². The molecule has 1 aliphatic rings. The standard InChI is InChI=1S/C26H35FN2O2/c1-4-6-7-19-16-28-25(29-17-19)22-10-8-20(9-11-22)21-12-14-23(15-13-21)31-26(30)24(27)18(3)5-2/h8-11,16-18,21,23-24H,4-7,12-15H2,1-3H3/t18-,21?,23?,24-/m0/s1. The number of esters is 1. The molecule has 0 aliphatic heterocycles. The highest BCUT2D eigenvalue weighted by molar-refractivity contribution is 5.75. The van der Waals surface area contributed by atoms with E-state index in [1.165, 1.54) is 17.5 Å². The van der Waals surface area contributed by atoms with Gasteiger partial charge in [0.15, 0.2) is 12.0 Å². The topological polar surface area (TPSA) is 52.1 Å². The third-order valence-electron chi connectivity index (χ3n) is 6.49. The maximum absolute atomic E-state index is 14.1. The molecule has 0 N–H and O–H groups in total. The molecule has 0 amide bonds. The Morgan fingerprint density at radius 2 is 1.74 bits per heavy atom. The minimum Gasteiger partial charge on any atom is -0.460 e. The molecule has 2 atom stereocenters. The maximum Gasteiger partial charge on any atom is 0.341 e. The van der Waals surface area contributed by atoms with Gasteiger partial charge in [-0.15, -0.1) is 0 Å². The van der Waals surface area contributed by atoms with Gasteiger partial charge in [0, 0.05) is 18.0 Å². The molecule has 1 aliphatic carbocycles. The summed E-state index contributed by atoms with van der Waals surface area (Å²) in [6, 6.07) is 8.48. The van der Waals surface area contributed by atoms with Gasteiger partial charge in [-0.2, -0.15) is 0 Å². The summed E-state index contributed by atoms with van der Waals surface area (Å²) in [6.45, 7) is 5.82. The zero-order valence-corrected chi connectivity index (χ0v) is 19.0. The van der Waals surface area contributed by atoms with E-state index in [-0.39, 0.29) is 12.0 Å². The molecule has 1 saturated carbocycles. The predicted octanol–water partition coefficient (Wildman–Crippen LogP) is 6.44. The van der Waals surface area contributed by atoms with Crippen molar-refractivity contribution in [1.29, 1.82) is 0 Å². The smallest absolute Gasteiger partial charge is 0.341 e. The zero-order valence-electron chi connectivity index (χ0n) is 19.0. The van der Waals surface area contributed by atoms with Gasteiger partial charge in [0.25, 0.3) is 0 Å². The molecule has 2 aromatic rings. The van der Waals surface area contributed by atoms with Crippen LogP contribution in [0.3, 0.4) is 0 Å². The number of hydrogen-bond donors (Lipinski definition) is 0. The number of benzene rings is 1. The van der Waals surface area contributed by atoms with E-state index in [1.807, 2.05) is 19.3 Å². The Hall–Kier alpha value is -2.30. The van der Waals surface area contributed by atoms with Gasteiger partial charge < -0.3 is 4.74 Å². The van der Waals surface area contributed by atoms with E-state index in [4.69, 9.17) is 4.74 Å². The van der Waals surface area contributed by atoms with E-state index in [1.54, 1.807) is 6.92 Å². The summed E-state index contributed by atoms with van der Waals surface area (Å²) < 4.78 is 19.5. The lowest BCUT2D eigenvalue weighted by molar-refractivity contribution is -0.158. The number of carbonyl (C=O) groups excluding carboxylic acids is 1. The van der Waals surface area contributed by atoms with Crippen LogP contribution < -0.4 is 0 Å². The molecule has 0 saturated heterocycles. The summed E-state index contributed by atoms with van der Waals surface area (Å²) in [5.41, 5.74) is 3.49. The fourth-order valence-electron chi connectivity index (χ4n) is 4.10. The van der Waals surface area contributed by atoms with Crippen LogP contribution in [-0.4, -0.2) is 28.2 Å². The van der Waals surface area contributed by atoms with E-state index in [0.717, 1.165) is 49.9 Å². The quantitative estimate of drug-likeness (QED) is 0.433. The molecule has 1 fully saturated rings. The normalized spacial score (nSPS) is 20.8. The van der Waals surface area contributed by atoms with E-state index < -0.39 is 12.1 Å². The molecule has 0 unspecified atom stereocenters. The molecule has 4 nitrogen and oxygen atoms in total. The van der Waals surface area contributed by atoms with Crippen LogP contribution in [0.2, 0.25) is 0 Å². The number of alkyl halides is 1. The summed E-state index contributed by atoms with van der Waals surface area (Å²) in [4.78, 5) is 21.0. The first-order valence-electron chi connectivity index (χ1n) is 11.8. The van der Waals surface area contributed by atoms with Crippen molar-refractivity contribution >= 4 is 5.97 Å². The summed E-state index contributed by atoms with van der Waals surface area (Å²) in [5.74, 6) is 0.211. The number of rotatable bonds is 9. The van der Waals surface area contributed by atoms with Crippen LogP contribution >= 0.6 is 0 Å². The molecule has 1 aromatic carbocycles. The fourth-order valence-corrected chi connectivity index (χ4v) is 4.10. The Morgan fingerprint density at radius 3 is 2.32 bits per heavy atom. The summed E-state index contributed by atoms with van der Waals surface area (Å²) >= 11 is 0. The average Bonchev–Trinajstić information content (AvgIpc) is 2.82. The molecule has 1 aromatic heterocycles. The number of halogens is 1. The number of unbranched alkanes of at least 4 members (excludes halogenated alkanes) is 1. The highest BCUT2D eigenvalue weighted by Gasteiger charge is 2.30. The van der Waals surface area contributed by atoms with E-state index in [0.29, 0.717) is 12.3 Å². The molecular formula is C26H35FN2O2. The van der Waals surface area contributed by atoms with Crippen LogP contribution in [0.25, 0.3) is 11.4 Å². The molecule has 0 spiro atoms. The Bertz CT molecular complexity index is 814. The molecule has 3 rings (SSSR count). The molecule has 168 valence electrons. The summed E-state index contributed by atoms with van der Waals surface area (Å²) in [5, 5.41) is 0. The molecule has 31 heavy (non-hydrogen) atoms. The molecule has 1 heterocycles. The van der Waals surface area contributed by atoms with Crippen molar-refractivity contribution in [1.82, 2.24) is 9.97 Å². The van der Waals surface area contributed by atoms with Crippen molar-refractivity contribution in [2.24, 2.45) is 5.92 Å². The second-order valence-corrected chi connectivity index (χ2v) is 8.84. The highest BCUT2D eigenvalue weighted by atomic mass is 19.1. The summed E-state index contributed by atoms with van der Waals surface area (Å²) in [7, 11) is 0. The Morgan fingerprint density at radius 1 is 1.10 bits per heavy atom. The molecule has 0 bridgehead atoms. The lowest BCUT2D eigenvalue weighted by atomic mass is 9.82. The Kier molecular flexibility index (Phi) is 8.56. The Labute approximate surface area is 185 Å². The predicted molar refractivity (Wildman–Crippen MR) is 122 cm³/mol. The number of aromatic nitrogens is 2. The van der Waals surface area contributed by atoms with Crippen LogP contribution in [0, 0.1) is 5.92 Å². The first-order chi connectivity index (χ1) is 15.0. The second-order valence-electron chi connectivity index (χ2n) is 8.84. The number of aryl methyl sites for hydroxylation is 1. The Balaban J connectivity index is 1.51. The lowest BCUT2D eigenvalue weighted by Gasteiger charge is -2.29. The van der Waals surface area contributed by atoms with Gasteiger partial charge in [0.2, 0.25) is 0 Å². The first kappa shape index (κ1) is 23.4. The largest absolute Gasteiger partial charge is 0.460 e. The zero-order chi connectivity index (χ0) is 22.2. The fraction of sp³-hybridized carbons (Fsp3) is 0.577. The number of carbonyl (C=O) groups is 1. The van der Waals surface area contributed by atoms with E-state index in [9.17, 15) is 9.18 Å². The van der Waals surface area contributed by atoms with Crippen LogP contribution in [0.1, 0.15) is 82.8 Å². The van der Waals surface area contributed by atoms with Gasteiger partial charge in [0.1, 0.15) is 6.10 Å². The summed E-state index contributed by atoms with van der Waals surface area (Å²) in [6.07, 6.45) is 9.62. The SMILES string of the molecule is CCCCc1cnc(-c2ccc(C3CCC(OC(=O)[C@@H](F)[C@@H](C)CC)CC3)cc2)nc1. The van der Waals surface area contributed by atoms with Gasteiger partial charge >= 0.3 is 5.97 Å². The van der Waals surface area contributed by atoms with Crippen LogP contribution in [0.4, 0.5) is 4.39 Å². The van der Waals surface area contributed by atoms with Gasteiger partial charge in [-0.25, -0.2) is 19.2 Å². The lowest BCUT2D eigenvalue weighted by Crippen LogP contribution is -2.31. The third kappa shape index (κ3) is 6.34. The number of hydrogen-bond acceptors (Lipinski definition) is 4. The van der Waals surface area contributed by atoms with Gasteiger partial charge in [-0.05, 0) is 61.5 Å². The van der Waals surface area contributed by atoms with Crippen molar-refractivity contribution in [2.45, 2.75) is 90.3 Å². The van der Waals surface area contributed by atoms with Gasteiger partial charge in [-0.3, -0.25) is 0 Å². The van der Waals surface area contributed by atoms with Crippen LogP contribution in [-0.2, 0) is 16.0 Å². The third-order valence-corrected chi connectivity index (χ3v) is 6.49. The highest BCUT2D eigenvalue weighted by Crippen LogP contribution is 2.35. The van der Waals surface area contributed by atoms with E-state index >= 15 is 0 Å². The maximum atomic E-state index is 14.1. The van der Waals surface area contributed by atoms with Crippen molar-refractivity contribution in [3.63, 3.8) is 0 Å².